The zero-order valence-electron chi connectivity index (χ0n) is 14.9. The summed E-state index contributed by atoms with van der Waals surface area (Å²) in [6, 6.07) is 12.0. The molecule has 1 aliphatic rings. The van der Waals surface area contributed by atoms with Gasteiger partial charge in [0.1, 0.15) is 0 Å². The molecule has 1 saturated carbocycles. The van der Waals surface area contributed by atoms with Gasteiger partial charge in [-0.25, -0.2) is 0 Å². The summed E-state index contributed by atoms with van der Waals surface area (Å²) in [5.74, 6) is -0.813. The van der Waals surface area contributed by atoms with Crippen molar-refractivity contribution in [3.63, 3.8) is 0 Å². The number of nitrogens with one attached hydrogen (secondary N) is 2. The molecule has 0 radical (unpaired) electrons. The second kappa shape index (κ2) is 8.68. The number of thioether (sulfide) groups is 1. The molecule has 0 heterocycles. The smallest absolute Gasteiger partial charge is 0.349 e. The fourth-order valence-corrected chi connectivity index (χ4v) is 3.78. The molecular weight excluding hydrogens is 389 g/mol. The highest BCUT2D eigenvalue weighted by atomic mass is 32.2. The normalized spacial score (nSPS) is 14.7. The molecule has 0 saturated heterocycles. The molecule has 2 N–H and O–H groups in total. The quantitative estimate of drug-likeness (QED) is 0.667. The van der Waals surface area contributed by atoms with Gasteiger partial charge >= 0.3 is 5.51 Å². The van der Waals surface area contributed by atoms with Gasteiger partial charge in [0.15, 0.2) is 0 Å². The zero-order valence-corrected chi connectivity index (χ0v) is 15.7. The van der Waals surface area contributed by atoms with Crippen LogP contribution < -0.4 is 10.6 Å². The predicted molar refractivity (Wildman–Crippen MR) is 102 cm³/mol. The van der Waals surface area contributed by atoms with E-state index in [2.05, 4.69) is 10.6 Å². The van der Waals surface area contributed by atoms with Gasteiger partial charge in [-0.1, -0.05) is 25.0 Å². The third-order valence-electron chi connectivity index (χ3n) is 4.45. The molecule has 2 amide bonds. The molecule has 2 aromatic carbocycles. The van der Waals surface area contributed by atoms with Crippen molar-refractivity contribution < 1.29 is 22.8 Å². The van der Waals surface area contributed by atoms with Crippen LogP contribution in [0.2, 0.25) is 0 Å². The first-order chi connectivity index (χ1) is 13.3. The Labute approximate surface area is 164 Å². The van der Waals surface area contributed by atoms with Crippen LogP contribution in [0.15, 0.2) is 53.4 Å². The van der Waals surface area contributed by atoms with E-state index in [1.807, 2.05) is 0 Å². The maximum absolute atomic E-state index is 12.7. The predicted octanol–water partition coefficient (Wildman–Crippen LogP) is 5.22. The molecule has 28 heavy (non-hydrogen) atoms. The Hall–Kier alpha value is -2.48. The van der Waals surface area contributed by atoms with Crippen molar-refractivity contribution >= 4 is 29.3 Å². The molecule has 2 aromatic rings. The maximum Gasteiger partial charge on any atom is 0.446 e. The van der Waals surface area contributed by atoms with Crippen molar-refractivity contribution in [3.05, 3.63) is 59.7 Å². The first kappa shape index (κ1) is 20.3. The number of carbonyl (C=O) groups is 2. The van der Waals surface area contributed by atoms with Gasteiger partial charge in [-0.05, 0) is 61.0 Å². The molecule has 148 valence electrons. The molecule has 0 bridgehead atoms. The summed E-state index contributed by atoms with van der Waals surface area (Å²) in [5.41, 5.74) is -3.68. The van der Waals surface area contributed by atoms with Crippen LogP contribution in [0, 0.1) is 0 Å². The molecule has 0 aliphatic heterocycles. The Morgan fingerprint density at radius 1 is 0.929 bits per heavy atom. The highest BCUT2D eigenvalue weighted by Crippen LogP contribution is 2.38. The average Bonchev–Trinajstić information content (AvgIpc) is 3.14. The summed E-state index contributed by atoms with van der Waals surface area (Å²) < 4.78 is 38.0. The average molecular weight is 408 g/mol. The van der Waals surface area contributed by atoms with Crippen molar-refractivity contribution in [1.29, 1.82) is 0 Å². The summed E-state index contributed by atoms with van der Waals surface area (Å²) in [6.45, 7) is 0. The second-order valence-electron chi connectivity index (χ2n) is 6.53. The fraction of sp³-hybridized carbons (Fsp3) is 0.300. The van der Waals surface area contributed by atoms with E-state index in [4.69, 9.17) is 0 Å². The Balaban J connectivity index is 1.65. The van der Waals surface area contributed by atoms with Gasteiger partial charge in [-0.15, -0.1) is 0 Å². The molecule has 0 spiro atoms. The zero-order chi connectivity index (χ0) is 20.1. The van der Waals surface area contributed by atoms with Crippen molar-refractivity contribution in [2.75, 3.05) is 5.32 Å². The number of rotatable bonds is 5. The van der Waals surface area contributed by atoms with Crippen LogP contribution in [-0.4, -0.2) is 23.4 Å². The van der Waals surface area contributed by atoms with Crippen LogP contribution in [0.4, 0.5) is 18.9 Å². The van der Waals surface area contributed by atoms with Gasteiger partial charge in [0.05, 0.1) is 5.56 Å². The van der Waals surface area contributed by atoms with Crippen LogP contribution in [0.3, 0.4) is 0 Å². The lowest BCUT2D eigenvalue weighted by atomic mass is 10.1. The van der Waals surface area contributed by atoms with E-state index in [1.54, 1.807) is 24.3 Å². The maximum atomic E-state index is 12.7. The van der Waals surface area contributed by atoms with E-state index in [0.29, 0.717) is 11.3 Å². The van der Waals surface area contributed by atoms with Crippen molar-refractivity contribution in [3.8, 4) is 0 Å². The topological polar surface area (TPSA) is 58.2 Å². The number of anilines is 1. The molecule has 1 aliphatic carbocycles. The number of halogens is 3. The first-order valence-electron chi connectivity index (χ1n) is 8.89. The number of alkyl halides is 3. The summed E-state index contributed by atoms with van der Waals surface area (Å²) in [6.07, 6.45) is 4.19. The molecule has 0 unspecified atom stereocenters. The first-order valence-corrected chi connectivity index (χ1v) is 9.70. The third-order valence-corrected chi connectivity index (χ3v) is 5.26. The molecule has 0 atom stereocenters. The van der Waals surface area contributed by atoms with E-state index in [-0.39, 0.29) is 34.2 Å². The minimum Gasteiger partial charge on any atom is -0.349 e. The minimum absolute atomic E-state index is 0.0622. The highest BCUT2D eigenvalue weighted by Gasteiger charge is 2.31. The van der Waals surface area contributed by atoms with Crippen LogP contribution in [0.1, 0.15) is 46.4 Å². The van der Waals surface area contributed by atoms with E-state index in [9.17, 15) is 22.8 Å². The second-order valence-corrected chi connectivity index (χ2v) is 7.64. The summed E-state index contributed by atoms with van der Waals surface area (Å²) >= 11 is -0.326. The summed E-state index contributed by atoms with van der Waals surface area (Å²) in [4.78, 5) is 24.5. The van der Waals surface area contributed by atoms with E-state index in [0.717, 1.165) is 25.7 Å². The minimum atomic E-state index is -4.48. The standard InChI is InChI=1S/C20H19F3N2O2S/c21-20(22,23)28-17-8-4-3-7-16(17)19(27)25-15-11-9-13(10-12-15)18(26)24-14-5-1-2-6-14/h3-4,7-12,14H,1-2,5-6H2,(H,24,26)(H,25,27). The molecule has 4 nitrogen and oxygen atoms in total. The van der Waals surface area contributed by atoms with Crippen LogP contribution >= 0.6 is 11.8 Å². The molecule has 0 aromatic heterocycles. The summed E-state index contributed by atoms with van der Waals surface area (Å²) in [5, 5.41) is 5.55. The van der Waals surface area contributed by atoms with Gasteiger partial charge in [0.25, 0.3) is 11.8 Å². The lowest BCUT2D eigenvalue weighted by molar-refractivity contribution is -0.0328. The van der Waals surface area contributed by atoms with Gasteiger partial charge in [0, 0.05) is 22.2 Å². The van der Waals surface area contributed by atoms with Gasteiger partial charge < -0.3 is 10.6 Å². The Bertz CT molecular complexity index is 847. The van der Waals surface area contributed by atoms with Gasteiger partial charge in [-0.3, -0.25) is 9.59 Å². The lowest BCUT2D eigenvalue weighted by Crippen LogP contribution is -2.32. The SMILES string of the molecule is O=C(NC1CCCC1)c1ccc(NC(=O)c2ccccc2SC(F)(F)F)cc1. The third kappa shape index (κ3) is 5.51. The van der Waals surface area contributed by atoms with Crippen LogP contribution in [0.5, 0.6) is 0 Å². The molecule has 3 rings (SSSR count). The largest absolute Gasteiger partial charge is 0.446 e. The van der Waals surface area contributed by atoms with E-state index in [1.165, 1.54) is 24.3 Å². The van der Waals surface area contributed by atoms with Crippen molar-refractivity contribution in [1.82, 2.24) is 5.32 Å². The fourth-order valence-electron chi connectivity index (χ4n) is 3.11. The van der Waals surface area contributed by atoms with Crippen LogP contribution in [-0.2, 0) is 0 Å². The van der Waals surface area contributed by atoms with Gasteiger partial charge in [-0.2, -0.15) is 13.2 Å². The molecule has 8 heteroatoms. The van der Waals surface area contributed by atoms with E-state index >= 15 is 0 Å². The van der Waals surface area contributed by atoms with Crippen molar-refractivity contribution in [2.45, 2.75) is 42.1 Å². The number of hydrogen-bond donors (Lipinski definition) is 2. The van der Waals surface area contributed by atoms with Gasteiger partial charge in [0.2, 0.25) is 0 Å². The number of hydrogen-bond acceptors (Lipinski definition) is 3. The lowest BCUT2D eigenvalue weighted by Gasteiger charge is -2.13. The molecule has 1 fully saturated rings. The summed E-state index contributed by atoms with van der Waals surface area (Å²) in [7, 11) is 0. The number of amides is 2. The Morgan fingerprint density at radius 2 is 1.57 bits per heavy atom. The monoisotopic (exact) mass is 408 g/mol. The van der Waals surface area contributed by atoms with Crippen LogP contribution in [0.25, 0.3) is 0 Å². The number of carbonyl (C=O) groups excluding carboxylic acids is 2. The molecular formula is C20H19F3N2O2S. The van der Waals surface area contributed by atoms with E-state index < -0.39 is 11.4 Å². The highest BCUT2D eigenvalue weighted by molar-refractivity contribution is 8.00. The Morgan fingerprint density at radius 3 is 2.21 bits per heavy atom. The number of benzene rings is 2. The van der Waals surface area contributed by atoms with Crippen molar-refractivity contribution in [2.24, 2.45) is 0 Å². The Kier molecular flexibility index (Phi) is 6.28.